The Labute approximate surface area is 96.6 Å². The van der Waals surface area contributed by atoms with Gasteiger partial charge in [0.1, 0.15) is 0 Å². The van der Waals surface area contributed by atoms with E-state index in [1.165, 1.54) is 6.16 Å². The zero-order valence-corrected chi connectivity index (χ0v) is 12.6. The Morgan fingerprint density at radius 2 is 1.27 bits per heavy atom. The molecule has 0 aliphatic heterocycles. The van der Waals surface area contributed by atoms with E-state index in [0.29, 0.717) is 19.8 Å². The van der Waals surface area contributed by atoms with Crippen molar-refractivity contribution in [1.29, 1.82) is 0 Å². The smallest absolute Gasteiger partial charge is 0.374 e. The maximum Gasteiger partial charge on any atom is 0.501 e. The van der Waals surface area contributed by atoms with E-state index in [-0.39, 0.29) is 7.92 Å². The molecule has 0 spiro atoms. The lowest BCUT2D eigenvalue weighted by molar-refractivity contribution is 0.0728. The van der Waals surface area contributed by atoms with Crippen LogP contribution in [0.2, 0.25) is 6.04 Å². The van der Waals surface area contributed by atoms with Gasteiger partial charge in [-0.25, -0.2) is 0 Å². The standard InChI is InChI=1S/C10H25O3PSi/c1-6-11-15(12-7-2,13-8-3)10-9-14(4)5/h6-10H2,1-5H3. The molecule has 0 aromatic heterocycles. The van der Waals surface area contributed by atoms with Crippen LogP contribution in [0.5, 0.6) is 0 Å². The monoisotopic (exact) mass is 252 g/mol. The van der Waals surface area contributed by atoms with Crippen molar-refractivity contribution in [2.75, 3.05) is 39.3 Å². The molecule has 0 heterocycles. The van der Waals surface area contributed by atoms with Crippen LogP contribution in [0, 0.1) is 0 Å². The zero-order valence-electron chi connectivity index (χ0n) is 10.7. The maximum absolute atomic E-state index is 5.77. The molecule has 0 amide bonds. The van der Waals surface area contributed by atoms with Gasteiger partial charge in [0, 0.05) is 25.9 Å². The van der Waals surface area contributed by atoms with Crippen LogP contribution in [0.1, 0.15) is 20.8 Å². The van der Waals surface area contributed by atoms with Gasteiger partial charge in [-0.15, -0.1) is 7.92 Å². The first-order valence-electron chi connectivity index (χ1n) is 5.66. The molecule has 0 aliphatic carbocycles. The van der Waals surface area contributed by atoms with E-state index >= 15 is 0 Å². The summed E-state index contributed by atoms with van der Waals surface area (Å²) in [5, 5.41) is 0. The van der Waals surface area contributed by atoms with E-state index in [9.17, 15) is 0 Å². The third-order valence-corrected chi connectivity index (χ3v) is 6.54. The number of hydrogen-bond acceptors (Lipinski definition) is 3. The van der Waals surface area contributed by atoms with Gasteiger partial charge in [-0.1, -0.05) is 0 Å². The Hall–Kier alpha value is 0.527. The van der Waals surface area contributed by atoms with Crippen molar-refractivity contribution in [2.24, 2.45) is 0 Å². The molecule has 0 saturated carbocycles. The summed E-state index contributed by atoms with van der Waals surface area (Å²) < 4.78 is 17.3. The maximum atomic E-state index is 5.77. The molecule has 0 rings (SSSR count). The van der Waals surface area contributed by atoms with Crippen LogP contribution >= 0.6 is 7.92 Å². The summed E-state index contributed by atoms with van der Waals surface area (Å²) in [6.07, 6.45) is 1.17. The van der Waals surface area contributed by atoms with Crippen molar-refractivity contribution in [3.63, 3.8) is 0 Å². The van der Waals surface area contributed by atoms with Crippen molar-refractivity contribution in [3.8, 4) is 0 Å². The fourth-order valence-corrected chi connectivity index (χ4v) is 6.25. The topological polar surface area (TPSA) is 27.7 Å². The molecular weight excluding hydrogens is 227 g/mol. The summed E-state index contributed by atoms with van der Waals surface area (Å²) in [7, 11) is -2.24. The van der Waals surface area contributed by atoms with E-state index in [0.717, 1.165) is 6.04 Å². The van der Waals surface area contributed by atoms with Gasteiger partial charge < -0.3 is 13.3 Å². The molecule has 0 unspecified atom stereocenters. The van der Waals surface area contributed by atoms with Gasteiger partial charge in [0.25, 0.3) is 0 Å². The molecule has 0 atom stereocenters. The minimum Gasteiger partial charge on any atom is -0.374 e. The van der Waals surface area contributed by atoms with Crippen LogP contribution < -0.4 is 0 Å². The average Bonchev–Trinajstić information content (AvgIpc) is 2.16. The summed E-state index contributed by atoms with van der Waals surface area (Å²) in [5.74, 6) is 0. The highest BCUT2D eigenvalue weighted by molar-refractivity contribution is 7.56. The summed E-state index contributed by atoms with van der Waals surface area (Å²) in [6.45, 7) is 12.6. The van der Waals surface area contributed by atoms with Gasteiger partial charge in [0.15, 0.2) is 0 Å². The van der Waals surface area contributed by atoms with Gasteiger partial charge >= 0.3 is 8.80 Å². The first-order chi connectivity index (χ1) is 7.10. The molecule has 0 radical (unpaired) electrons. The SMILES string of the molecule is CCO[Si](CCP(C)C)(OCC)OCC. The Kier molecular flexibility index (Phi) is 8.96. The van der Waals surface area contributed by atoms with Crippen LogP contribution in [0.15, 0.2) is 0 Å². The normalized spacial score (nSPS) is 12.4. The predicted octanol–water partition coefficient (Wildman–Crippen LogP) is 2.78. The lowest BCUT2D eigenvalue weighted by atomic mass is 10.9. The molecule has 5 heteroatoms. The second-order valence-electron chi connectivity index (χ2n) is 3.54. The van der Waals surface area contributed by atoms with Gasteiger partial charge in [-0.3, -0.25) is 0 Å². The van der Waals surface area contributed by atoms with Crippen LogP contribution in [0.4, 0.5) is 0 Å². The van der Waals surface area contributed by atoms with Crippen molar-refractivity contribution in [3.05, 3.63) is 0 Å². The first kappa shape index (κ1) is 15.5. The minimum absolute atomic E-state index is 0.0977. The van der Waals surface area contributed by atoms with Crippen LogP contribution in [0.3, 0.4) is 0 Å². The first-order valence-corrected chi connectivity index (χ1v) is 10.0. The fraction of sp³-hybridized carbons (Fsp3) is 1.00. The summed E-state index contributed by atoms with van der Waals surface area (Å²) in [5.41, 5.74) is 0. The third-order valence-electron chi connectivity index (χ3n) is 1.96. The van der Waals surface area contributed by atoms with E-state index in [1.807, 2.05) is 20.8 Å². The lowest BCUT2D eigenvalue weighted by Gasteiger charge is -2.29. The summed E-state index contributed by atoms with van der Waals surface area (Å²) in [4.78, 5) is 0. The quantitative estimate of drug-likeness (QED) is 0.466. The van der Waals surface area contributed by atoms with Crippen LogP contribution in [0.25, 0.3) is 0 Å². The molecule has 0 aromatic carbocycles. The highest BCUT2D eigenvalue weighted by Gasteiger charge is 2.39. The number of rotatable bonds is 9. The molecule has 0 bridgehead atoms. The van der Waals surface area contributed by atoms with Gasteiger partial charge in [-0.05, 0) is 40.3 Å². The molecule has 0 N–H and O–H groups in total. The Morgan fingerprint density at radius 1 is 0.867 bits per heavy atom. The lowest BCUT2D eigenvalue weighted by Crippen LogP contribution is -2.46. The molecule has 92 valence electrons. The second-order valence-corrected chi connectivity index (χ2v) is 8.87. The molecule has 0 saturated heterocycles. The Bertz CT molecular complexity index is 139. The number of hydrogen-bond donors (Lipinski definition) is 0. The molecule has 0 aliphatic rings. The highest BCUT2D eigenvalue weighted by atomic mass is 31.1. The Balaban J connectivity index is 4.31. The van der Waals surface area contributed by atoms with Crippen molar-refractivity contribution in [2.45, 2.75) is 26.8 Å². The molecular formula is C10H25O3PSi. The van der Waals surface area contributed by atoms with Crippen LogP contribution in [-0.4, -0.2) is 48.1 Å². The second kappa shape index (κ2) is 8.65. The molecule has 0 aromatic rings. The van der Waals surface area contributed by atoms with Crippen LogP contribution in [-0.2, 0) is 13.3 Å². The molecule has 0 fully saturated rings. The zero-order chi connectivity index (χ0) is 11.7. The highest BCUT2D eigenvalue weighted by Crippen LogP contribution is 2.29. The van der Waals surface area contributed by atoms with E-state index < -0.39 is 8.80 Å². The summed E-state index contributed by atoms with van der Waals surface area (Å²) in [6, 6.07) is 0.960. The van der Waals surface area contributed by atoms with Crippen molar-refractivity contribution in [1.82, 2.24) is 0 Å². The van der Waals surface area contributed by atoms with Crippen molar-refractivity contribution >= 4 is 16.7 Å². The molecule has 3 nitrogen and oxygen atoms in total. The largest absolute Gasteiger partial charge is 0.501 e. The van der Waals surface area contributed by atoms with Crippen molar-refractivity contribution < 1.29 is 13.3 Å². The summed E-state index contributed by atoms with van der Waals surface area (Å²) >= 11 is 0. The Morgan fingerprint density at radius 3 is 1.53 bits per heavy atom. The van der Waals surface area contributed by atoms with E-state index in [2.05, 4.69) is 13.3 Å². The fourth-order valence-electron chi connectivity index (χ4n) is 1.36. The van der Waals surface area contributed by atoms with E-state index in [4.69, 9.17) is 13.3 Å². The third kappa shape index (κ3) is 6.64. The molecule has 15 heavy (non-hydrogen) atoms. The van der Waals surface area contributed by atoms with E-state index in [1.54, 1.807) is 0 Å². The average molecular weight is 252 g/mol. The van der Waals surface area contributed by atoms with Gasteiger partial charge in [0.2, 0.25) is 0 Å². The predicted molar refractivity (Wildman–Crippen MR) is 69.1 cm³/mol. The van der Waals surface area contributed by atoms with Gasteiger partial charge in [-0.2, -0.15) is 0 Å². The minimum atomic E-state index is -2.34. The van der Waals surface area contributed by atoms with Gasteiger partial charge in [0.05, 0.1) is 0 Å².